The fourth-order valence-corrected chi connectivity index (χ4v) is 3.02. The third-order valence-corrected chi connectivity index (χ3v) is 4.34. The number of hydrogen-bond acceptors (Lipinski definition) is 7. The molecule has 2 aromatic rings. The molecule has 0 atom stereocenters. The number of aromatic nitrogens is 2. The van der Waals surface area contributed by atoms with Gasteiger partial charge in [-0.05, 0) is 18.5 Å². The summed E-state index contributed by atoms with van der Waals surface area (Å²) >= 11 is 1.64. The Labute approximate surface area is 128 Å². The van der Waals surface area contributed by atoms with E-state index in [1.807, 2.05) is 16.8 Å². The van der Waals surface area contributed by atoms with Crippen molar-refractivity contribution in [3.63, 3.8) is 0 Å². The molecular formula is C14H21N5OS. The lowest BCUT2D eigenvalue weighted by molar-refractivity contribution is 0.192. The monoisotopic (exact) mass is 307 g/mol. The van der Waals surface area contributed by atoms with Crippen LogP contribution < -0.4 is 5.32 Å². The Morgan fingerprint density at radius 1 is 1.43 bits per heavy atom. The van der Waals surface area contributed by atoms with Gasteiger partial charge in [0.2, 0.25) is 11.7 Å². The molecule has 1 fully saturated rings. The first-order chi connectivity index (χ1) is 10.3. The van der Waals surface area contributed by atoms with E-state index in [2.05, 4.69) is 32.3 Å². The van der Waals surface area contributed by atoms with Gasteiger partial charge in [0.1, 0.15) is 0 Å². The summed E-state index contributed by atoms with van der Waals surface area (Å²) in [7, 11) is 2.09. The van der Waals surface area contributed by atoms with Crippen molar-refractivity contribution in [2.24, 2.45) is 0 Å². The Kier molecular flexibility index (Phi) is 4.97. The van der Waals surface area contributed by atoms with E-state index in [0.29, 0.717) is 18.3 Å². The Morgan fingerprint density at radius 2 is 2.29 bits per heavy atom. The Balaban J connectivity index is 1.47. The van der Waals surface area contributed by atoms with Crippen molar-refractivity contribution in [3.05, 3.63) is 22.7 Å². The van der Waals surface area contributed by atoms with Gasteiger partial charge in [-0.3, -0.25) is 9.80 Å². The van der Waals surface area contributed by atoms with Crippen LogP contribution in [-0.2, 0) is 6.54 Å². The third kappa shape index (κ3) is 4.10. The van der Waals surface area contributed by atoms with Crippen molar-refractivity contribution in [2.45, 2.75) is 6.54 Å². The zero-order chi connectivity index (χ0) is 14.5. The predicted octanol–water partition coefficient (Wildman–Crippen LogP) is 1.14. The van der Waals surface area contributed by atoms with Gasteiger partial charge in [0, 0.05) is 50.2 Å². The van der Waals surface area contributed by atoms with E-state index in [4.69, 9.17) is 4.52 Å². The van der Waals surface area contributed by atoms with E-state index < -0.39 is 0 Å². The molecule has 0 unspecified atom stereocenters. The molecule has 0 spiro atoms. The van der Waals surface area contributed by atoms with Crippen LogP contribution in [0.2, 0.25) is 0 Å². The number of nitrogens with one attached hydrogen (secondary N) is 1. The fourth-order valence-electron chi connectivity index (χ4n) is 2.38. The summed E-state index contributed by atoms with van der Waals surface area (Å²) in [5.41, 5.74) is 1.03. The molecule has 21 heavy (non-hydrogen) atoms. The predicted molar refractivity (Wildman–Crippen MR) is 83.3 cm³/mol. The van der Waals surface area contributed by atoms with Gasteiger partial charge < -0.3 is 9.84 Å². The summed E-state index contributed by atoms with van der Waals surface area (Å²) in [4.78, 5) is 9.16. The zero-order valence-corrected chi connectivity index (χ0v) is 13.1. The first-order valence-electron chi connectivity index (χ1n) is 7.28. The number of thiophene rings is 1. The lowest BCUT2D eigenvalue weighted by atomic mass is 10.3. The lowest BCUT2D eigenvalue weighted by Crippen LogP contribution is -2.45. The molecule has 1 saturated heterocycles. The van der Waals surface area contributed by atoms with Crippen LogP contribution in [0.4, 0.5) is 0 Å². The van der Waals surface area contributed by atoms with E-state index in [9.17, 15) is 0 Å². The minimum Gasteiger partial charge on any atom is -0.338 e. The highest BCUT2D eigenvalue weighted by atomic mass is 32.1. The number of rotatable bonds is 6. The fraction of sp³-hybridized carbons (Fsp3) is 0.571. The SMILES string of the molecule is CN(CCN1CCNCC1)Cc1nc(-c2ccsc2)no1. The molecule has 1 aliphatic rings. The van der Waals surface area contributed by atoms with Gasteiger partial charge in [0.15, 0.2) is 0 Å². The Hall–Kier alpha value is -1.28. The first-order valence-corrected chi connectivity index (χ1v) is 8.22. The molecule has 1 aliphatic heterocycles. The number of piperazine rings is 1. The average molecular weight is 307 g/mol. The van der Waals surface area contributed by atoms with Crippen molar-refractivity contribution < 1.29 is 4.52 Å². The molecular weight excluding hydrogens is 286 g/mol. The van der Waals surface area contributed by atoms with Gasteiger partial charge in [-0.25, -0.2) is 0 Å². The molecule has 0 aliphatic carbocycles. The zero-order valence-electron chi connectivity index (χ0n) is 12.3. The van der Waals surface area contributed by atoms with Crippen molar-refractivity contribution in [2.75, 3.05) is 46.3 Å². The van der Waals surface area contributed by atoms with E-state index in [1.165, 1.54) is 0 Å². The molecule has 1 N–H and O–H groups in total. The minimum absolute atomic E-state index is 0.680. The average Bonchev–Trinajstić information content (AvgIpc) is 3.17. The van der Waals surface area contributed by atoms with Crippen LogP contribution in [0.3, 0.4) is 0 Å². The summed E-state index contributed by atoms with van der Waals surface area (Å²) in [6.45, 7) is 7.26. The highest BCUT2D eigenvalue weighted by Gasteiger charge is 2.13. The molecule has 0 bridgehead atoms. The second kappa shape index (κ2) is 7.13. The van der Waals surface area contributed by atoms with E-state index in [1.54, 1.807) is 11.3 Å². The summed E-state index contributed by atoms with van der Waals surface area (Å²) in [6.07, 6.45) is 0. The van der Waals surface area contributed by atoms with Crippen molar-refractivity contribution in [1.82, 2.24) is 25.3 Å². The van der Waals surface area contributed by atoms with Gasteiger partial charge in [-0.2, -0.15) is 16.3 Å². The van der Waals surface area contributed by atoms with Crippen molar-refractivity contribution in [1.29, 1.82) is 0 Å². The third-order valence-electron chi connectivity index (χ3n) is 3.66. The Bertz CT molecular complexity index is 535. The van der Waals surface area contributed by atoms with Crippen LogP contribution in [0.25, 0.3) is 11.4 Å². The molecule has 0 amide bonds. The maximum Gasteiger partial charge on any atom is 0.241 e. The maximum atomic E-state index is 5.33. The van der Waals surface area contributed by atoms with Gasteiger partial charge >= 0.3 is 0 Å². The molecule has 114 valence electrons. The number of nitrogens with zero attached hydrogens (tertiary/aromatic N) is 4. The first kappa shape index (κ1) is 14.6. The smallest absolute Gasteiger partial charge is 0.241 e. The summed E-state index contributed by atoms with van der Waals surface area (Å²) in [6, 6.07) is 2.01. The molecule has 0 saturated carbocycles. The molecule has 3 heterocycles. The standard InChI is InChI=1S/C14H21N5OS/c1-18(7-8-19-5-3-15-4-6-19)10-13-16-14(17-20-13)12-2-9-21-11-12/h2,9,11,15H,3-8,10H2,1H3. The Morgan fingerprint density at radius 3 is 3.05 bits per heavy atom. The summed E-state index contributed by atoms with van der Waals surface area (Å²) < 4.78 is 5.33. The van der Waals surface area contributed by atoms with Gasteiger partial charge in [0.25, 0.3) is 0 Å². The van der Waals surface area contributed by atoms with Crippen LogP contribution in [0.15, 0.2) is 21.3 Å². The second-order valence-corrected chi connectivity index (χ2v) is 6.13. The molecule has 7 heteroatoms. The van der Waals surface area contributed by atoms with Crippen LogP contribution >= 0.6 is 11.3 Å². The molecule has 0 aromatic carbocycles. The highest BCUT2D eigenvalue weighted by molar-refractivity contribution is 7.08. The van der Waals surface area contributed by atoms with Gasteiger partial charge in [-0.1, -0.05) is 5.16 Å². The lowest BCUT2D eigenvalue weighted by Gasteiger charge is -2.28. The van der Waals surface area contributed by atoms with Crippen LogP contribution in [-0.4, -0.2) is 66.3 Å². The van der Waals surface area contributed by atoms with E-state index >= 15 is 0 Å². The number of hydrogen-bond donors (Lipinski definition) is 1. The van der Waals surface area contributed by atoms with Crippen molar-refractivity contribution >= 4 is 11.3 Å². The summed E-state index contributed by atoms with van der Waals surface area (Å²) in [5, 5.41) is 11.5. The topological polar surface area (TPSA) is 57.4 Å². The highest BCUT2D eigenvalue weighted by Crippen LogP contribution is 2.18. The number of likely N-dealkylation sites (N-methyl/N-ethyl adjacent to an activating group) is 1. The van der Waals surface area contributed by atoms with E-state index in [0.717, 1.165) is 44.8 Å². The molecule has 3 rings (SSSR count). The van der Waals surface area contributed by atoms with Gasteiger partial charge in [0.05, 0.1) is 6.54 Å². The normalized spacial score (nSPS) is 16.7. The largest absolute Gasteiger partial charge is 0.338 e. The quantitative estimate of drug-likeness (QED) is 0.863. The molecule has 6 nitrogen and oxygen atoms in total. The second-order valence-electron chi connectivity index (χ2n) is 5.35. The summed E-state index contributed by atoms with van der Waals surface area (Å²) in [5.74, 6) is 1.36. The molecule has 0 radical (unpaired) electrons. The van der Waals surface area contributed by atoms with Crippen molar-refractivity contribution in [3.8, 4) is 11.4 Å². The van der Waals surface area contributed by atoms with Crippen LogP contribution in [0, 0.1) is 0 Å². The molecule has 2 aromatic heterocycles. The van der Waals surface area contributed by atoms with Crippen LogP contribution in [0.1, 0.15) is 5.89 Å². The van der Waals surface area contributed by atoms with Gasteiger partial charge in [-0.15, -0.1) is 0 Å². The van der Waals surface area contributed by atoms with Crippen LogP contribution in [0.5, 0.6) is 0 Å². The van der Waals surface area contributed by atoms with E-state index in [-0.39, 0.29) is 0 Å². The maximum absolute atomic E-state index is 5.33. The minimum atomic E-state index is 0.680.